The van der Waals surface area contributed by atoms with Crippen molar-refractivity contribution in [2.75, 3.05) is 19.6 Å². The Bertz CT molecular complexity index is 768. The second kappa shape index (κ2) is 6.34. The highest BCUT2D eigenvalue weighted by molar-refractivity contribution is 6.26. The SMILES string of the molecule is Cc1ccc2c3c(ccc(C)c13)C(=O)N(CCC(CN)CN)C2=O. The number of aryl methyl sites for hydroxylation is 2. The van der Waals surface area contributed by atoms with Crippen LogP contribution in [0.4, 0.5) is 0 Å². The molecule has 1 aliphatic heterocycles. The van der Waals surface area contributed by atoms with Gasteiger partial charge < -0.3 is 11.5 Å². The van der Waals surface area contributed by atoms with Crippen molar-refractivity contribution in [2.24, 2.45) is 17.4 Å². The van der Waals surface area contributed by atoms with Crippen molar-refractivity contribution < 1.29 is 9.59 Å². The van der Waals surface area contributed by atoms with Crippen molar-refractivity contribution in [3.8, 4) is 0 Å². The summed E-state index contributed by atoms with van der Waals surface area (Å²) in [5.41, 5.74) is 14.7. The van der Waals surface area contributed by atoms with Gasteiger partial charge in [0.25, 0.3) is 11.8 Å². The summed E-state index contributed by atoms with van der Waals surface area (Å²) in [6.07, 6.45) is 0.626. The number of carbonyl (C=O) groups is 2. The molecule has 0 spiro atoms. The molecule has 2 aromatic carbocycles. The normalized spacial score (nSPS) is 14.1. The van der Waals surface area contributed by atoms with Crippen LogP contribution >= 0.6 is 0 Å². The van der Waals surface area contributed by atoms with E-state index in [9.17, 15) is 9.59 Å². The number of amides is 2. The fourth-order valence-corrected chi connectivity index (χ4v) is 3.46. The summed E-state index contributed by atoms with van der Waals surface area (Å²) < 4.78 is 0. The second-order valence-corrected chi connectivity index (χ2v) is 6.50. The molecular formula is C19H23N3O2. The molecule has 2 amide bonds. The minimum absolute atomic E-state index is 0.114. The molecule has 126 valence electrons. The van der Waals surface area contributed by atoms with Crippen LogP contribution in [-0.2, 0) is 0 Å². The summed E-state index contributed by atoms with van der Waals surface area (Å²) >= 11 is 0. The van der Waals surface area contributed by atoms with E-state index in [1.165, 1.54) is 4.90 Å². The first-order chi connectivity index (χ1) is 11.5. The van der Waals surface area contributed by atoms with E-state index in [1.807, 2.05) is 38.1 Å². The number of nitrogens with zero attached hydrogens (tertiary/aromatic N) is 1. The highest BCUT2D eigenvalue weighted by Crippen LogP contribution is 2.34. The molecule has 0 fully saturated rings. The molecule has 5 nitrogen and oxygen atoms in total. The molecule has 5 heteroatoms. The Morgan fingerprint density at radius 2 is 1.38 bits per heavy atom. The van der Waals surface area contributed by atoms with E-state index < -0.39 is 0 Å². The first-order valence-corrected chi connectivity index (χ1v) is 8.28. The summed E-state index contributed by atoms with van der Waals surface area (Å²) in [4.78, 5) is 27.1. The number of hydrogen-bond donors (Lipinski definition) is 2. The Morgan fingerprint density at radius 3 is 1.83 bits per heavy atom. The van der Waals surface area contributed by atoms with Crippen molar-refractivity contribution in [3.63, 3.8) is 0 Å². The smallest absolute Gasteiger partial charge is 0.261 e. The molecule has 4 N–H and O–H groups in total. The highest BCUT2D eigenvalue weighted by Gasteiger charge is 2.33. The van der Waals surface area contributed by atoms with E-state index >= 15 is 0 Å². The Morgan fingerprint density at radius 1 is 0.875 bits per heavy atom. The predicted octanol–water partition coefficient (Wildman–Crippen LogP) is 1.98. The molecule has 0 radical (unpaired) electrons. The molecule has 24 heavy (non-hydrogen) atoms. The summed E-state index contributed by atoms with van der Waals surface area (Å²) in [6.45, 7) is 5.27. The number of imide groups is 1. The maximum absolute atomic E-state index is 12.9. The van der Waals surface area contributed by atoms with Gasteiger partial charge in [0.15, 0.2) is 0 Å². The van der Waals surface area contributed by atoms with E-state index in [0.29, 0.717) is 37.2 Å². The lowest BCUT2D eigenvalue weighted by Gasteiger charge is -2.29. The van der Waals surface area contributed by atoms with Crippen LogP contribution < -0.4 is 11.5 Å². The van der Waals surface area contributed by atoms with Gasteiger partial charge in [-0.25, -0.2) is 0 Å². The van der Waals surface area contributed by atoms with E-state index in [-0.39, 0.29) is 17.7 Å². The molecule has 0 atom stereocenters. The van der Waals surface area contributed by atoms with Crippen molar-refractivity contribution in [2.45, 2.75) is 20.3 Å². The Hall–Kier alpha value is -2.24. The molecule has 0 unspecified atom stereocenters. The van der Waals surface area contributed by atoms with Gasteiger partial charge in [-0.2, -0.15) is 0 Å². The molecule has 3 rings (SSSR count). The Kier molecular flexibility index (Phi) is 4.39. The third-order valence-corrected chi connectivity index (χ3v) is 4.96. The van der Waals surface area contributed by atoms with Crippen molar-refractivity contribution in [1.29, 1.82) is 0 Å². The number of carbonyl (C=O) groups excluding carboxylic acids is 2. The maximum atomic E-state index is 12.9. The minimum Gasteiger partial charge on any atom is -0.330 e. The molecule has 2 aromatic rings. The molecule has 1 aliphatic rings. The van der Waals surface area contributed by atoms with Crippen LogP contribution in [0.15, 0.2) is 24.3 Å². The molecule has 0 aromatic heterocycles. The highest BCUT2D eigenvalue weighted by atomic mass is 16.2. The van der Waals surface area contributed by atoms with Gasteiger partial charge in [-0.3, -0.25) is 14.5 Å². The summed E-state index contributed by atoms with van der Waals surface area (Å²) in [5, 5.41) is 1.79. The van der Waals surface area contributed by atoms with Gasteiger partial charge in [0, 0.05) is 23.1 Å². The molecule has 0 bridgehead atoms. The van der Waals surface area contributed by atoms with Gasteiger partial charge in [0.1, 0.15) is 0 Å². The van der Waals surface area contributed by atoms with Crippen LogP contribution in [0.5, 0.6) is 0 Å². The van der Waals surface area contributed by atoms with Crippen molar-refractivity contribution in [3.05, 3.63) is 46.5 Å². The zero-order valence-corrected chi connectivity index (χ0v) is 14.1. The average molecular weight is 325 g/mol. The summed E-state index contributed by atoms with van der Waals surface area (Å²) in [5.74, 6) is -0.338. The van der Waals surface area contributed by atoms with Crippen LogP contribution in [-0.4, -0.2) is 36.3 Å². The van der Waals surface area contributed by atoms with E-state index in [1.54, 1.807) is 0 Å². The largest absolute Gasteiger partial charge is 0.330 e. The van der Waals surface area contributed by atoms with Crippen LogP contribution in [0.25, 0.3) is 10.8 Å². The van der Waals surface area contributed by atoms with Crippen LogP contribution in [0.3, 0.4) is 0 Å². The lowest BCUT2D eigenvalue weighted by Crippen LogP contribution is -2.42. The number of nitrogens with two attached hydrogens (primary N) is 2. The fourth-order valence-electron chi connectivity index (χ4n) is 3.46. The zero-order chi connectivity index (χ0) is 17.4. The molecular weight excluding hydrogens is 302 g/mol. The Balaban J connectivity index is 2.06. The van der Waals surface area contributed by atoms with Gasteiger partial charge >= 0.3 is 0 Å². The molecule has 1 heterocycles. The second-order valence-electron chi connectivity index (χ2n) is 6.50. The zero-order valence-electron chi connectivity index (χ0n) is 14.1. The van der Waals surface area contributed by atoms with Crippen molar-refractivity contribution in [1.82, 2.24) is 4.90 Å². The van der Waals surface area contributed by atoms with Gasteiger partial charge in [-0.15, -0.1) is 0 Å². The standard InChI is InChI=1S/C19H23N3O2/c1-11-3-5-14-17-15(6-4-12(2)16(11)17)19(24)22(18(14)23)8-7-13(9-20)10-21/h3-6,13H,7-10,20-21H2,1-2H3. The first kappa shape index (κ1) is 16.6. The number of rotatable bonds is 5. The first-order valence-electron chi connectivity index (χ1n) is 8.28. The quantitative estimate of drug-likeness (QED) is 0.823. The molecule has 0 saturated heterocycles. The predicted molar refractivity (Wildman–Crippen MR) is 95.0 cm³/mol. The lowest BCUT2D eigenvalue weighted by atomic mass is 9.89. The number of hydrogen-bond acceptors (Lipinski definition) is 4. The third-order valence-electron chi connectivity index (χ3n) is 4.96. The molecule has 0 saturated carbocycles. The van der Waals surface area contributed by atoms with Gasteiger partial charge in [0.05, 0.1) is 0 Å². The van der Waals surface area contributed by atoms with Crippen LogP contribution in [0.1, 0.15) is 38.3 Å². The third kappa shape index (κ3) is 2.50. The van der Waals surface area contributed by atoms with E-state index in [4.69, 9.17) is 11.5 Å². The number of benzene rings is 2. The molecule has 0 aliphatic carbocycles. The summed E-state index contributed by atoms with van der Waals surface area (Å²) in [7, 11) is 0. The van der Waals surface area contributed by atoms with Crippen molar-refractivity contribution >= 4 is 22.6 Å². The fraction of sp³-hybridized carbons (Fsp3) is 0.368. The minimum atomic E-state index is -0.226. The van der Waals surface area contributed by atoms with Gasteiger partial charge in [-0.05, 0) is 67.9 Å². The average Bonchev–Trinajstić information content (AvgIpc) is 2.57. The van der Waals surface area contributed by atoms with Crippen LogP contribution in [0.2, 0.25) is 0 Å². The van der Waals surface area contributed by atoms with Crippen LogP contribution in [0, 0.1) is 19.8 Å². The topological polar surface area (TPSA) is 89.4 Å². The summed E-state index contributed by atoms with van der Waals surface area (Å²) in [6, 6.07) is 7.54. The van der Waals surface area contributed by atoms with Gasteiger partial charge in [0.2, 0.25) is 0 Å². The van der Waals surface area contributed by atoms with E-state index in [2.05, 4.69) is 0 Å². The van der Waals surface area contributed by atoms with E-state index in [0.717, 1.165) is 21.9 Å². The van der Waals surface area contributed by atoms with Gasteiger partial charge in [-0.1, -0.05) is 12.1 Å². The Labute approximate surface area is 141 Å². The maximum Gasteiger partial charge on any atom is 0.261 e. The lowest BCUT2D eigenvalue weighted by molar-refractivity contribution is 0.0602. The monoisotopic (exact) mass is 325 g/mol.